The topological polar surface area (TPSA) is 78.9 Å². The molecule has 0 bridgehead atoms. The van der Waals surface area contributed by atoms with E-state index < -0.39 is 0 Å². The lowest BCUT2D eigenvalue weighted by Crippen LogP contribution is -2.35. The molecule has 1 atom stereocenters. The summed E-state index contributed by atoms with van der Waals surface area (Å²) in [7, 11) is 0. The predicted molar refractivity (Wildman–Crippen MR) is 46.1 cm³/mol. The molecule has 0 saturated carbocycles. The van der Waals surface area contributed by atoms with Crippen LogP contribution in [-0.4, -0.2) is 18.5 Å². The van der Waals surface area contributed by atoms with Crippen LogP contribution in [0.25, 0.3) is 0 Å². The number of carbonyl (C=O) groups is 1. The summed E-state index contributed by atoms with van der Waals surface area (Å²) in [6.45, 7) is 2.29. The molecule has 0 spiro atoms. The molecule has 0 rings (SSSR count). The highest BCUT2D eigenvalue weighted by Gasteiger charge is 2.08. The van der Waals surface area contributed by atoms with Gasteiger partial charge in [0, 0.05) is 19.0 Å². The van der Waals surface area contributed by atoms with Crippen molar-refractivity contribution in [3.63, 3.8) is 0 Å². The Labute approximate surface area is 72.7 Å². The summed E-state index contributed by atoms with van der Waals surface area (Å²) in [4.78, 5) is 11.0. The summed E-state index contributed by atoms with van der Waals surface area (Å²) in [5, 5.41) is 11.1. The van der Waals surface area contributed by atoms with Crippen LogP contribution in [0.5, 0.6) is 0 Å². The number of nitrogens with two attached hydrogens (primary N) is 1. The first-order chi connectivity index (χ1) is 5.74. The Morgan fingerprint density at radius 1 is 1.75 bits per heavy atom. The Kier molecular flexibility index (Phi) is 6.02. The van der Waals surface area contributed by atoms with E-state index in [1.165, 1.54) is 0 Å². The molecule has 1 unspecified atom stereocenters. The number of carbonyl (C=O) groups excluding carboxylic acids is 1. The van der Waals surface area contributed by atoms with Crippen LogP contribution in [0.3, 0.4) is 0 Å². The minimum atomic E-state index is -0.0698. The number of amides is 1. The van der Waals surface area contributed by atoms with Crippen LogP contribution < -0.4 is 11.1 Å². The summed E-state index contributed by atoms with van der Waals surface area (Å²) in [5.74, 6) is -0.0698. The Bertz CT molecular complexity index is 174. The third kappa shape index (κ3) is 4.69. The van der Waals surface area contributed by atoms with Crippen LogP contribution >= 0.6 is 0 Å². The van der Waals surface area contributed by atoms with Crippen molar-refractivity contribution in [3.05, 3.63) is 0 Å². The Hall–Kier alpha value is -1.08. The molecular weight excluding hydrogens is 154 g/mol. The van der Waals surface area contributed by atoms with Crippen molar-refractivity contribution in [2.24, 2.45) is 5.73 Å². The fraction of sp³-hybridized carbons (Fsp3) is 0.750. The van der Waals surface area contributed by atoms with E-state index in [0.717, 1.165) is 6.42 Å². The lowest BCUT2D eigenvalue weighted by molar-refractivity contribution is -0.121. The molecule has 0 aromatic carbocycles. The number of hydrogen-bond acceptors (Lipinski definition) is 3. The van der Waals surface area contributed by atoms with Gasteiger partial charge in [-0.1, -0.05) is 6.92 Å². The van der Waals surface area contributed by atoms with Gasteiger partial charge in [-0.25, -0.2) is 0 Å². The average Bonchev–Trinajstić information content (AvgIpc) is 2.04. The second-order valence-corrected chi connectivity index (χ2v) is 2.57. The van der Waals surface area contributed by atoms with E-state index in [9.17, 15) is 4.79 Å². The van der Waals surface area contributed by atoms with Crippen molar-refractivity contribution in [1.82, 2.24) is 5.32 Å². The van der Waals surface area contributed by atoms with Gasteiger partial charge in [-0.15, -0.1) is 0 Å². The van der Waals surface area contributed by atoms with E-state index in [1.807, 2.05) is 13.0 Å². The van der Waals surface area contributed by atoms with Crippen molar-refractivity contribution >= 4 is 5.91 Å². The highest BCUT2D eigenvalue weighted by atomic mass is 16.1. The highest BCUT2D eigenvalue weighted by Crippen LogP contribution is 1.95. The number of nitrogens with zero attached hydrogens (tertiary/aromatic N) is 1. The molecule has 0 heterocycles. The van der Waals surface area contributed by atoms with Gasteiger partial charge in [-0.2, -0.15) is 5.26 Å². The third-order valence-corrected chi connectivity index (χ3v) is 1.57. The molecular formula is C8H15N3O. The molecule has 0 fully saturated rings. The zero-order valence-corrected chi connectivity index (χ0v) is 7.34. The molecule has 0 aromatic rings. The van der Waals surface area contributed by atoms with E-state index in [2.05, 4.69) is 5.32 Å². The quantitative estimate of drug-likeness (QED) is 0.614. The van der Waals surface area contributed by atoms with E-state index in [4.69, 9.17) is 11.0 Å². The van der Waals surface area contributed by atoms with Crippen LogP contribution in [0.4, 0.5) is 0 Å². The molecule has 4 heteroatoms. The standard InChI is InChI=1S/C8H15N3O/c1-2-7(3-5-9)11-8(12)4-6-10/h7H,2-4,6,10H2,1H3,(H,11,12). The Balaban J connectivity index is 3.70. The summed E-state index contributed by atoms with van der Waals surface area (Å²) in [6.07, 6.45) is 1.48. The molecule has 3 N–H and O–H groups in total. The lowest BCUT2D eigenvalue weighted by Gasteiger charge is -2.12. The zero-order chi connectivity index (χ0) is 9.40. The third-order valence-electron chi connectivity index (χ3n) is 1.57. The van der Waals surface area contributed by atoms with Crippen LogP contribution in [0.2, 0.25) is 0 Å². The first-order valence-corrected chi connectivity index (χ1v) is 4.11. The van der Waals surface area contributed by atoms with Crippen molar-refractivity contribution in [2.75, 3.05) is 6.54 Å². The van der Waals surface area contributed by atoms with Gasteiger partial charge in [0.2, 0.25) is 5.91 Å². The monoisotopic (exact) mass is 169 g/mol. The largest absolute Gasteiger partial charge is 0.352 e. The van der Waals surface area contributed by atoms with Gasteiger partial charge in [0.1, 0.15) is 0 Å². The SMILES string of the molecule is CCC(CC#N)NC(=O)CCN. The molecule has 1 amide bonds. The number of nitrogens with one attached hydrogen (secondary N) is 1. The maximum atomic E-state index is 11.0. The minimum Gasteiger partial charge on any atom is -0.352 e. The zero-order valence-electron chi connectivity index (χ0n) is 7.34. The second-order valence-electron chi connectivity index (χ2n) is 2.57. The summed E-state index contributed by atoms with van der Waals surface area (Å²) in [5.41, 5.74) is 5.19. The van der Waals surface area contributed by atoms with Crippen LogP contribution in [0, 0.1) is 11.3 Å². The molecule has 0 saturated heterocycles. The van der Waals surface area contributed by atoms with Gasteiger partial charge in [0.05, 0.1) is 12.5 Å². The van der Waals surface area contributed by atoms with Crippen molar-refractivity contribution in [2.45, 2.75) is 32.2 Å². The predicted octanol–water partition coefficient (Wildman–Crippen LogP) is 0.144. The Morgan fingerprint density at radius 3 is 2.83 bits per heavy atom. The lowest BCUT2D eigenvalue weighted by atomic mass is 10.1. The summed E-state index contributed by atoms with van der Waals surface area (Å²) < 4.78 is 0. The molecule has 0 aliphatic rings. The molecule has 4 nitrogen and oxygen atoms in total. The normalized spacial score (nSPS) is 11.8. The van der Waals surface area contributed by atoms with E-state index in [-0.39, 0.29) is 11.9 Å². The van der Waals surface area contributed by atoms with Gasteiger partial charge in [-0.3, -0.25) is 4.79 Å². The van der Waals surface area contributed by atoms with Crippen molar-refractivity contribution < 1.29 is 4.79 Å². The maximum absolute atomic E-state index is 11.0. The van der Waals surface area contributed by atoms with Crippen LogP contribution in [-0.2, 0) is 4.79 Å². The van der Waals surface area contributed by atoms with Gasteiger partial charge in [-0.05, 0) is 6.42 Å². The van der Waals surface area contributed by atoms with E-state index in [0.29, 0.717) is 19.4 Å². The van der Waals surface area contributed by atoms with Crippen molar-refractivity contribution in [1.29, 1.82) is 5.26 Å². The van der Waals surface area contributed by atoms with Gasteiger partial charge < -0.3 is 11.1 Å². The highest BCUT2D eigenvalue weighted by molar-refractivity contribution is 5.76. The second kappa shape index (κ2) is 6.62. The van der Waals surface area contributed by atoms with Gasteiger partial charge >= 0.3 is 0 Å². The average molecular weight is 169 g/mol. The van der Waals surface area contributed by atoms with Gasteiger partial charge in [0.25, 0.3) is 0 Å². The number of hydrogen-bond donors (Lipinski definition) is 2. The minimum absolute atomic E-state index is 0.0194. The first kappa shape index (κ1) is 10.9. The van der Waals surface area contributed by atoms with Crippen LogP contribution in [0.1, 0.15) is 26.2 Å². The maximum Gasteiger partial charge on any atom is 0.221 e. The molecule has 0 radical (unpaired) electrons. The van der Waals surface area contributed by atoms with E-state index >= 15 is 0 Å². The molecule has 0 aliphatic carbocycles. The molecule has 68 valence electrons. The molecule has 0 aliphatic heterocycles. The number of rotatable bonds is 5. The first-order valence-electron chi connectivity index (χ1n) is 4.11. The summed E-state index contributed by atoms with van der Waals surface area (Å²) >= 11 is 0. The van der Waals surface area contributed by atoms with Gasteiger partial charge in [0.15, 0.2) is 0 Å². The van der Waals surface area contributed by atoms with E-state index in [1.54, 1.807) is 0 Å². The molecule has 12 heavy (non-hydrogen) atoms. The fourth-order valence-corrected chi connectivity index (χ4v) is 0.839. The Morgan fingerprint density at radius 2 is 2.42 bits per heavy atom. The fourth-order valence-electron chi connectivity index (χ4n) is 0.839. The molecule has 0 aromatic heterocycles. The summed E-state index contributed by atoms with van der Waals surface area (Å²) in [6, 6.07) is 2.00. The van der Waals surface area contributed by atoms with Crippen molar-refractivity contribution in [3.8, 4) is 6.07 Å². The number of nitriles is 1. The smallest absolute Gasteiger partial charge is 0.221 e. The van der Waals surface area contributed by atoms with Crippen LogP contribution in [0.15, 0.2) is 0 Å².